The number of aliphatic hydroxyl groups is 1. The van der Waals surface area contributed by atoms with Gasteiger partial charge in [-0.3, -0.25) is 4.79 Å². The van der Waals surface area contributed by atoms with Crippen LogP contribution < -0.4 is 4.74 Å². The topological polar surface area (TPSA) is 49.8 Å². The van der Waals surface area contributed by atoms with Crippen molar-refractivity contribution in [3.63, 3.8) is 0 Å². The van der Waals surface area contributed by atoms with E-state index >= 15 is 0 Å². The van der Waals surface area contributed by atoms with Crippen molar-refractivity contribution >= 4 is 5.91 Å². The molecule has 4 heteroatoms. The molecule has 0 bridgehead atoms. The van der Waals surface area contributed by atoms with E-state index in [0.717, 1.165) is 30.7 Å². The van der Waals surface area contributed by atoms with Crippen molar-refractivity contribution in [1.82, 2.24) is 4.90 Å². The van der Waals surface area contributed by atoms with Crippen molar-refractivity contribution in [1.29, 1.82) is 0 Å². The van der Waals surface area contributed by atoms with Crippen LogP contribution in [0.5, 0.6) is 5.75 Å². The average molecular weight is 247 g/mol. The quantitative estimate of drug-likeness (QED) is 0.847. The molecule has 0 aromatic heterocycles. The number of ether oxygens (including phenoxy) is 1. The van der Waals surface area contributed by atoms with Gasteiger partial charge in [0.05, 0.1) is 12.6 Å². The lowest BCUT2D eigenvalue weighted by Crippen LogP contribution is -2.45. The van der Waals surface area contributed by atoms with Crippen LogP contribution in [0.25, 0.3) is 0 Å². The zero-order chi connectivity index (χ0) is 12.5. The zero-order valence-corrected chi connectivity index (χ0v) is 10.2. The summed E-state index contributed by atoms with van der Waals surface area (Å²) in [5, 5.41) is 9.27. The highest BCUT2D eigenvalue weighted by Crippen LogP contribution is 2.30. The summed E-state index contributed by atoms with van der Waals surface area (Å²) >= 11 is 0. The molecule has 3 rings (SSSR count). The van der Waals surface area contributed by atoms with Crippen LogP contribution in [0.15, 0.2) is 24.3 Å². The first-order valence-electron chi connectivity index (χ1n) is 6.45. The Balaban J connectivity index is 1.72. The lowest BCUT2D eigenvalue weighted by Gasteiger charge is -2.25. The maximum atomic E-state index is 12.4. The van der Waals surface area contributed by atoms with Crippen LogP contribution >= 0.6 is 0 Å². The second-order valence-electron chi connectivity index (χ2n) is 4.93. The van der Waals surface area contributed by atoms with E-state index in [1.165, 1.54) is 0 Å². The second kappa shape index (κ2) is 4.61. The molecular weight excluding hydrogens is 230 g/mol. The molecule has 1 aromatic rings. The highest BCUT2D eigenvalue weighted by atomic mass is 16.5. The molecule has 2 heterocycles. The Labute approximate surface area is 106 Å². The lowest BCUT2D eigenvalue weighted by atomic mass is 10.1. The molecule has 1 N–H and O–H groups in total. The van der Waals surface area contributed by atoms with Gasteiger partial charge in [0.1, 0.15) is 5.75 Å². The molecule has 1 amide bonds. The van der Waals surface area contributed by atoms with Gasteiger partial charge in [0.15, 0.2) is 6.10 Å². The summed E-state index contributed by atoms with van der Waals surface area (Å²) in [6.45, 7) is 0.783. The Morgan fingerprint density at radius 1 is 1.44 bits per heavy atom. The number of nitrogens with zero attached hydrogens (tertiary/aromatic N) is 1. The van der Waals surface area contributed by atoms with Crippen molar-refractivity contribution in [2.45, 2.75) is 31.4 Å². The van der Waals surface area contributed by atoms with Crippen molar-refractivity contribution in [3.8, 4) is 5.75 Å². The van der Waals surface area contributed by atoms with E-state index in [0.29, 0.717) is 6.42 Å². The van der Waals surface area contributed by atoms with Crippen LogP contribution in [0, 0.1) is 0 Å². The minimum absolute atomic E-state index is 0.0164. The molecule has 1 aromatic carbocycles. The summed E-state index contributed by atoms with van der Waals surface area (Å²) in [7, 11) is 0. The third-order valence-electron chi connectivity index (χ3n) is 3.79. The molecule has 0 saturated carbocycles. The highest BCUT2D eigenvalue weighted by molar-refractivity contribution is 5.83. The zero-order valence-electron chi connectivity index (χ0n) is 10.2. The van der Waals surface area contributed by atoms with Gasteiger partial charge in [-0.05, 0) is 24.5 Å². The Morgan fingerprint density at radius 3 is 3.06 bits per heavy atom. The first kappa shape index (κ1) is 11.5. The number of hydrogen-bond donors (Lipinski definition) is 1. The number of benzene rings is 1. The molecular formula is C14H17NO3. The number of carbonyl (C=O) groups is 1. The average Bonchev–Trinajstić information content (AvgIpc) is 3.03. The van der Waals surface area contributed by atoms with Crippen molar-refractivity contribution in [3.05, 3.63) is 29.8 Å². The van der Waals surface area contributed by atoms with Crippen LogP contribution in [-0.4, -0.2) is 41.2 Å². The number of likely N-dealkylation sites (tertiary alicyclic amines) is 1. The van der Waals surface area contributed by atoms with E-state index in [1.54, 1.807) is 4.90 Å². The van der Waals surface area contributed by atoms with E-state index in [4.69, 9.17) is 4.74 Å². The highest BCUT2D eigenvalue weighted by Gasteiger charge is 2.36. The summed E-state index contributed by atoms with van der Waals surface area (Å²) in [4.78, 5) is 14.1. The van der Waals surface area contributed by atoms with E-state index in [-0.39, 0.29) is 18.6 Å². The summed E-state index contributed by atoms with van der Waals surface area (Å²) < 4.78 is 5.70. The van der Waals surface area contributed by atoms with Crippen LogP contribution in [0.2, 0.25) is 0 Å². The molecule has 2 atom stereocenters. The predicted molar refractivity (Wildman–Crippen MR) is 66.4 cm³/mol. The van der Waals surface area contributed by atoms with Gasteiger partial charge in [0, 0.05) is 13.0 Å². The fourth-order valence-electron chi connectivity index (χ4n) is 2.82. The van der Waals surface area contributed by atoms with Crippen molar-refractivity contribution in [2.75, 3.05) is 13.2 Å². The van der Waals surface area contributed by atoms with Crippen LogP contribution in [0.4, 0.5) is 0 Å². The molecule has 0 spiro atoms. The van der Waals surface area contributed by atoms with Crippen LogP contribution in [0.3, 0.4) is 0 Å². The molecule has 0 radical (unpaired) electrons. The Hall–Kier alpha value is -1.55. The molecule has 2 aliphatic rings. The van der Waals surface area contributed by atoms with Crippen LogP contribution in [-0.2, 0) is 11.2 Å². The van der Waals surface area contributed by atoms with E-state index in [2.05, 4.69) is 0 Å². The maximum absolute atomic E-state index is 12.4. The van der Waals surface area contributed by atoms with E-state index < -0.39 is 6.10 Å². The number of hydrogen-bond acceptors (Lipinski definition) is 3. The standard InChI is InChI=1S/C14H17NO3/c16-9-11-5-3-7-15(11)14(17)13-8-10-4-1-2-6-12(10)18-13/h1-2,4,6,11,13,16H,3,5,7-9H2/t11-,13?/m1/s1. The van der Waals surface area contributed by atoms with Gasteiger partial charge in [0.2, 0.25) is 0 Å². The molecule has 4 nitrogen and oxygen atoms in total. The van der Waals surface area contributed by atoms with Gasteiger partial charge < -0.3 is 14.7 Å². The molecule has 2 aliphatic heterocycles. The maximum Gasteiger partial charge on any atom is 0.264 e. The second-order valence-corrected chi connectivity index (χ2v) is 4.93. The number of rotatable bonds is 2. The van der Waals surface area contributed by atoms with Crippen LogP contribution in [0.1, 0.15) is 18.4 Å². The molecule has 1 unspecified atom stereocenters. The van der Waals surface area contributed by atoms with Crippen molar-refractivity contribution in [2.24, 2.45) is 0 Å². The first-order chi connectivity index (χ1) is 8.79. The number of aliphatic hydroxyl groups excluding tert-OH is 1. The van der Waals surface area contributed by atoms with E-state index in [1.807, 2.05) is 24.3 Å². The van der Waals surface area contributed by atoms with Gasteiger partial charge in [0.25, 0.3) is 5.91 Å². The van der Waals surface area contributed by atoms with Gasteiger partial charge >= 0.3 is 0 Å². The number of fused-ring (bicyclic) bond motifs is 1. The van der Waals surface area contributed by atoms with Gasteiger partial charge in [-0.15, -0.1) is 0 Å². The fourth-order valence-corrected chi connectivity index (χ4v) is 2.82. The lowest BCUT2D eigenvalue weighted by molar-refractivity contribution is -0.139. The molecule has 0 aliphatic carbocycles. The summed E-state index contributed by atoms with van der Waals surface area (Å²) in [6, 6.07) is 7.75. The molecule has 18 heavy (non-hydrogen) atoms. The minimum atomic E-state index is -0.408. The number of amides is 1. The van der Waals surface area contributed by atoms with E-state index in [9.17, 15) is 9.90 Å². The SMILES string of the molecule is O=C(C1Cc2ccccc2O1)N1CCC[C@@H]1CO. The molecule has 1 fully saturated rings. The van der Waals surface area contributed by atoms with Crippen molar-refractivity contribution < 1.29 is 14.6 Å². The number of carbonyl (C=O) groups excluding carboxylic acids is 1. The van der Waals surface area contributed by atoms with Gasteiger partial charge in [-0.1, -0.05) is 18.2 Å². The monoisotopic (exact) mass is 247 g/mol. The summed E-state index contributed by atoms with van der Waals surface area (Å²) in [5.41, 5.74) is 1.09. The Bertz CT molecular complexity index is 435. The Kier molecular flexibility index (Phi) is 2.96. The molecule has 1 saturated heterocycles. The summed E-state index contributed by atoms with van der Waals surface area (Å²) in [6.07, 6.45) is 2.09. The Morgan fingerprint density at radius 2 is 2.28 bits per heavy atom. The third kappa shape index (κ3) is 1.86. The largest absolute Gasteiger partial charge is 0.480 e. The first-order valence-corrected chi connectivity index (χ1v) is 6.45. The fraction of sp³-hybridized carbons (Fsp3) is 0.500. The minimum Gasteiger partial charge on any atom is -0.480 e. The molecule has 96 valence electrons. The number of para-hydroxylation sites is 1. The third-order valence-corrected chi connectivity index (χ3v) is 3.79. The normalized spacial score (nSPS) is 25.9. The smallest absolute Gasteiger partial charge is 0.264 e. The van der Waals surface area contributed by atoms with Gasteiger partial charge in [-0.2, -0.15) is 0 Å². The van der Waals surface area contributed by atoms with Gasteiger partial charge in [-0.25, -0.2) is 0 Å². The summed E-state index contributed by atoms with van der Waals surface area (Å²) in [5.74, 6) is 0.832. The predicted octanol–water partition coefficient (Wildman–Crippen LogP) is 0.973.